The quantitative estimate of drug-likeness (QED) is 0.344. The van der Waals surface area contributed by atoms with Gasteiger partial charge in [0.25, 0.3) is 5.91 Å². The van der Waals surface area contributed by atoms with Gasteiger partial charge in [-0.1, -0.05) is 12.1 Å². The highest BCUT2D eigenvalue weighted by atomic mass is 32.2. The summed E-state index contributed by atoms with van der Waals surface area (Å²) in [6.07, 6.45) is 0. The molecule has 13 heteroatoms. The zero-order chi connectivity index (χ0) is 25.8. The van der Waals surface area contributed by atoms with Gasteiger partial charge in [-0.2, -0.15) is 8.82 Å². The van der Waals surface area contributed by atoms with Crippen LogP contribution < -0.4 is 10.1 Å². The molecule has 4 aromatic rings. The first-order chi connectivity index (χ1) is 17.9. The Morgan fingerprint density at radius 2 is 1.84 bits per heavy atom. The van der Waals surface area contributed by atoms with Crippen LogP contribution in [0.1, 0.15) is 10.4 Å². The zero-order valence-corrected chi connectivity index (χ0v) is 20.4. The fraction of sp³-hybridized carbons (Fsp3) is 0.250. The van der Waals surface area contributed by atoms with Gasteiger partial charge in [-0.3, -0.25) is 4.79 Å². The molecular weight excluding hydrogens is 503 g/mol. The normalized spacial score (nSPS) is 14.5. The van der Waals surface area contributed by atoms with E-state index in [1.165, 1.54) is 45.2 Å². The third-order valence-electron chi connectivity index (χ3n) is 5.68. The number of carbonyl (C=O) groups excluding carboxylic acids is 1. The number of hydrogen-bond donors (Lipinski definition) is 1. The monoisotopic (exact) mass is 526 g/mol. The van der Waals surface area contributed by atoms with Crippen LogP contribution in [0.2, 0.25) is 0 Å². The minimum absolute atomic E-state index is 0.127. The largest absolute Gasteiger partial charge is 0.475 e. The topological polar surface area (TPSA) is 128 Å². The van der Waals surface area contributed by atoms with Crippen molar-refractivity contribution < 1.29 is 27.1 Å². The van der Waals surface area contributed by atoms with Gasteiger partial charge >= 0.3 is 0 Å². The van der Waals surface area contributed by atoms with Crippen LogP contribution in [0.4, 0.5) is 4.39 Å². The summed E-state index contributed by atoms with van der Waals surface area (Å²) in [4.78, 5) is 12.6. The Bertz CT molecular complexity index is 1520. The number of nitrogens with zero attached hydrogens (tertiary/aromatic N) is 5. The van der Waals surface area contributed by atoms with E-state index in [0.717, 1.165) is 0 Å². The van der Waals surface area contributed by atoms with E-state index >= 15 is 0 Å². The summed E-state index contributed by atoms with van der Waals surface area (Å²) in [6.45, 7) is 1.64. The number of benzene rings is 2. The Kier molecular flexibility index (Phi) is 7.08. The molecule has 192 valence electrons. The lowest BCUT2D eigenvalue weighted by Crippen LogP contribution is -2.40. The van der Waals surface area contributed by atoms with E-state index in [9.17, 15) is 17.6 Å². The van der Waals surface area contributed by atoms with E-state index in [1.807, 2.05) is 0 Å². The predicted molar refractivity (Wildman–Crippen MR) is 130 cm³/mol. The van der Waals surface area contributed by atoms with E-state index in [2.05, 4.69) is 20.6 Å². The van der Waals surface area contributed by atoms with Gasteiger partial charge in [-0.15, -0.1) is 15.3 Å². The summed E-state index contributed by atoms with van der Waals surface area (Å²) in [6, 6.07) is 15.0. The lowest BCUT2D eigenvalue weighted by molar-refractivity contribution is 0.0730. The Balaban J connectivity index is 1.17. The van der Waals surface area contributed by atoms with Crippen LogP contribution in [-0.4, -0.2) is 77.9 Å². The maximum atomic E-state index is 13.6. The predicted octanol–water partition coefficient (Wildman–Crippen LogP) is 1.76. The van der Waals surface area contributed by atoms with Gasteiger partial charge < -0.3 is 14.8 Å². The second-order valence-corrected chi connectivity index (χ2v) is 10.1. The van der Waals surface area contributed by atoms with Gasteiger partial charge in [-0.05, 0) is 42.5 Å². The molecule has 0 spiro atoms. The van der Waals surface area contributed by atoms with Crippen LogP contribution in [0.25, 0.3) is 17.0 Å². The molecule has 1 fully saturated rings. The first-order valence-corrected chi connectivity index (χ1v) is 12.9. The van der Waals surface area contributed by atoms with Crippen LogP contribution in [0.15, 0.2) is 65.6 Å². The first-order valence-electron chi connectivity index (χ1n) is 11.5. The molecule has 0 saturated carbocycles. The van der Waals surface area contributed by atoms with Crippen LogP contribution in [0.3, 0.4) is 0 Å². The third kappa shape index (κ3) is 5.43. The molecule has 0 radical (unpaired) electrons. The van der Waals surface area contributed by atoms with Crippen LogP contribution in [0.5, 0.6) is 5.88 Å². The Labute approximate surface area is 211 Å². The van der Waals surface area contributed by atoms with Crippen molar-refractivity contribution in [3.8, 4) is 17.3 Å². The van der Waals surface area contributed by atoms with Crippen LogP contribution in [-0.2, 0) is 14.8 Å². The number of amides is 1. The van der Waals surface area contributed by atoms with Gasteiger partial charge in [0.05, 0.1) is 24.7 Å². The molecule has 11 nitrogen and oxygen atoms in total. The average Bonchev–Trinajstić information content (AvgIpc) is 3.35. The molecule has 1 aliphatic heterocycles. The smallest absolute Gasteiger partial charge is 0.251 e. The number of sulfonamides is 1. The number of ether oxygens (including phenoxy) is 2. The van der Waals surface area contributed by atoms with E-state index in [4.69, 9.17) is 9.47 Å². The molecule has 1 amide bonds. The molecular formula is C24H23FN6O5S. The van der Waals surface area contributed by atoms with Crippen molar-refractivity contribution in [2.45, 2.75) is 4.90 Å². The van der Waals surface area contributed by atoms with E-state index in [0.29, 0.717) is 48.9 Å². The van der Waals surface area contributed by atoms with Gasteiger partial charge in [0.2, 0.25) is 15.9 Å². The summed E-state index contributed by atoms with van der Waals surface area (Å²) in [5.74, 6) is -0.121. The van der Waals surface area contributed by atoms with E-state index < -0.39 is 15.8 Å². The van der Waals surface area contributed by atoms with Crippen molar-refractivity contribution in [3.63, 3.8) is 0 Å². The minimum Gasteiger partial charge on any atom is -0.475 e. The summed E-state index contributed by atoms with van der Waals surface area (Å²) < 4.78 is 52.7. The van der Waals surface area contributed by atoms with Crippen LogP contribution in [0, 0.1) is 5.82 Å². The molecule has 2 aromatic heterocycles. The second-order valence-electron chi connectivity index (χ2n) is 8.12. The van der Waals surface area contributed by atoms with Crippen molar-refractivity contribution in [2.24, 2.45) is 0 Å². The molecule has 5 rings (SSSR count). The van der Waals surface area contributed by atoms with Crippen molar-refractivity contribution in [3.05, 3.63) is 72.0 Å². The zero-order valence-electron chi connectivity index (χ0n) is 19.6. The summed E-state index contributed by atoms with van der Waals surface area (Å²) >= 11 is 0. The second kappa shape index (κ2) is 10.6. The fourth-order valence-electron chi connectivity index (χ4n) is 3.79. The van der Waals surface area contributed by atoms with Crippen molar-refractivity contribution in [1.29, 1.82) is 0 Å². The maximum Gasteiger partial charge on any atom is 0.251 e. The lowest BCUT2D eigenvalue weighted by Gasteiger charge is -2.26. The molecule has 0 atom stereocenters. The molecule has 37 heavy (non-hydrogen) atoms. The number of hydrogen-bond acceptors (Lipinski definition) is 8. The van der Waals surface area contributed by atoms with Crippen molar-refractivity contribution >= 4 is 21.6 Å². The first kappa shape index (κ1) is 24.7. The summed E-state index contributed by atoms with van der Waals surface area (Å²) in [5.41, 5.74) is 1.32. The fourth-order valence-corrected chi connectivity index (χ4v) is 5.20. The number of carbonyl (C=O) groups is 1. The number of morpholine rings is 1. The van der Waals surface area contributed by atoms with Gasteiger partial charge in [-0.25, -0.2) is 12.8 Å². The molecule has 0 bridgehead atoms. The SMILES string of the molecule is O=C(NCCOc1ccc2nnc(-c3cccc(F)c3)n2n1)c1ccc(S(=O)(=O)N2CCOCC2)cc1. The number of rotatable bonds is 8. The maximum absolute atomic E-state index is 13.6. The lowest BCUT2D eigenvalue weighted by atomic mass is 10.2. The molecule has 1 aliphatic rings. The molecule has 1 saturated heterocycles. The van der Waals surface area contributed by atoms with Gasteiger partial charge in [0.1, 0.15) is 12.4 Å². The Morgan fingerprint density at radius 1 is 1.05 bits per heavy atom. The van der Waals surface area contributed by atoms with Gasteiger partial charge in [0, 0.05) is 30.3 Å². The summed E-state index contributed by atoms with van der Waals surface area (Å²) in [7, 11) is -3.63. The minimum atomic E-state index is -3.63. The summed E-state index contributed by atoms with van der Waals surface area (Å²) in [5, 5.41) is 15.2. The number of fused-ring (bicyclic) bond motifs is 1. The molecule has 1 N–H and O–H groups in total. The number of nitrogens with one attached hydrogen (secondary N) is 1. The Hall–Kier alpha value is -3.94. The average molecular weight is 527 g/mol. The van der Waals surface area contributed by atoms with Crippen molar-refractivity contribution in [1.82, 2.24) is 29.4 Å². The number of aromatic nitrogens is 4. The Morgan fingerprint density at radius 3 is 2.59 bits per heavy atom. The van der Waals surface area contributed by atoms with E-state index in [1.54, 1.807) is 24.3 Å². The molecule has 0 aliphatic carbocycles. The standard InChI is InChI=1S/C24H23FN6O5S/c25-19-3-1-2-18(16-19)23-28-27-21-8-9-22(29-31(21)23)36-13-10-26-24(32)17-4-6-20(7-5-17)37(33,34)30-11-14-35-15-12-30/h1-9,16H,10-15H2,(H,26,32). The highest BCUT2D eigenvalue weighted by Gasteiger charge is 2.26. The third-order valence-corrected chi connectivity index (χ3v) is 7.60. The van der Waals surface area contributed by atoms with Crippen molar-refractivity contribution in [2.75, 3.05) is 39.5 Å². The molecule has 3 heterocycles. The van der Waals surface area contributed by atoms with E-state index in [-0.39, 0.29) is 29.8 Å². The highest BCUT2D eigenvalue weighted by Crippen LogP contribution is 2.20. The highest BCUT2D eigenvalue weighted by molar-refractivity contribution is 7.89. The van der Waals surface area contributed by atoms with Crippen LogP contribution >= 0.6 is 0 Å². The van der Waals surface area contributed by atoms with Gasteiger partial charge in [0.15, 0.2) is 11.5 Å². The number of halogens is 1. The molecule has 2 aromatic carbocycles. The molecule has 0 unspecified atom stereocenters.